The first-order chi connectivity index (χ1) is 12.6. The summed E-state index contributed by atoms with van der Waals surface area (Å²) in [5.41, 5.74) is 7.02. The van der Waals surface area contributed by atoms with Crippen LogP contribution in [0.4, 0.5) is 0 Å². The molecule has 1 spiro atoms. The quantitative estimate of drug-likeness (QED) is 0.833. The Labute approximate surface area is 164 Å². The number of likely N-dealkylation sites (tertiary alicyclic amines) is 1. The highest BCUT2D eigenvalue weighted by molar-refractivity contribution is 5.97. The molecule has 0 radical (unpaired) electrons. The number of para-hydroxylation sites is 1. The lowest BCUT2D eigenvalue weighted by Crippen LogP contribution is -2.44. The van der Waals surface area contributed by atoms with Crippen molar-refractivity contribution in [3.05, 3.63) is 47.8 Å². The van der Waals surface area contributed by atoms with Crippen LogP contribution in [0.25, 0.3) is 5.69 Å². The van der Waals surface area contributed by atoms with E-state index in [9.17, 15) is 9.59 Å². The van der Waals surface area contributed by atoms with Gasteiger partial charge < -0.3 is 16.0 Å². The summed E-state index contributed by atoms with van der Waals surface area (Å²) in [6.45, 7) is 3.57. The van der Waals surface area contributed by atoms with Crippen molar-refractivity contribution < 1.29 is 9.59 Å². The predicted molar refractivity (Wildman–Crippen MR) is 104 cm³/mol. The maximum atomic E-state index is 12.9. The van der Waals surface area contributed by atoms with Gasteiger partial charge in [-0.2, -0.15) is 5.10 Å². The van der Waals surface area contributed by atoms with Crippen LogP contribution in [0.15, 0.2) is 36.4 Å². The summed E-state index contributed by atoms with van der Waals surface area (Å²) in [4.78, 5) is 26.6. The Morgan fingerprint density at radius 1 is 1.11 bits per heavy atom. The van der Waals surface area contributed by atoms with Gasteiger partial charge in [0, 0.05) is 25.7 Å². The van der Waals surface area contributed by atoms with E-state index in [-0.39, 0.29) is 29.7 Å². The highest BCUT2D eigenvalue weighted by Gasteiger charge is 2.38. The average Bonchev–Trinajstić information content (AvgIpc) is 3.30. The van der Waals surface area contributed by atoms with Crippen LogP contribution in [0, 0.1) is 5.41 Å². The van der Waals surface area contributed by atoms with Crippen LogP contribution >= 0.6 is 12.4 Å². The van der Waals surface area contributed by atoms with Gasteiger partial charge in [-0.3, -0.25) is 9.59 Å². The second-order valence-corrected chi connectivity index (χ2v) is 7.25. The molecule has 8 heteroatoms. The Morgan fingerprint density at radius 2 is 1.81 bits per heavy atom. The summed E-state index contributed by atoms with van der Waals surface area (Å²) >= 11 is 0. The van der Waals surface area contributed by atoms with Gasteiger partial charge in [0.05, 0.1) is 5.69 Å². The first-order valence-electron chi connectivity index (χ1n) is 9.03. The molecule has 3 heterocycles. The molecular weight excluding hydrogens is 366 g/mol. The molecular formula is C19H24ClN5O2. The van der Waals surface area contributed by atoms with Crippen molar-refractivity contribution in [3.63, 3.8) is 0 Å². The number of hydrogen-bond donors (Lipinski definition) is 2. The van der Waals surface area contributed by atoms with Gasteiger partial charge in [-0.1, -0.05) is 18.2 Å². The number of hydrogen-bond acceptors (Lipinski definition) is 4. The number of piperidine rings is 1. The number of nitrogens with one attached hydrogen (secondary N) is 1. The number of nitrogens with two attached hydrogens (primary N) is 1. The Bertz CT molecular complexity index is 820. The molecule has 1 aromatic carbocycles. The summed E-state index contributed by atoms with van der Waals surface area (Å²) in [6.07, 6.45) is 3.20. The third-order valence-electron chi connectivity index (χ3n) is 5.63. The van der Waals surface area contributed by atoms with Crippen LogP contribution in [0.2, 0.25) is 0 Å². The molecule has 0 aliphatic carbocycles. The largest absolute Gasteiger partial charge is 0.364 e. The molecule has 2 saturated heterocycles. The number of carbonyl (C=O) groups excluding carboxylic acids is 2. The molecule has 2 amide bonds. The number of amides is 2. The van der Waals surface area contributed by atoms with E-state index < -0.39 is 5.91 Å². The minimum Gasteiger partial charge on any atom is -0.364 e. The van der Waals surface area contributed by atoms with Gasteiger partial charge in [0.25, 0.3) is 11.8 Å². The van der Waals surface area contributed by atoms with E-state index in [0.29, 0.717) is 11.1 Å². The minimum atomic E-state index is -0.602. The Morgan fingerprint density at radius 3 is 2.41 bits per heavy atom. The van der Waals surface area contributed by atoms with Crippen LogP contribution in [-0.2, 0) is 0 Å². The van der Waals surface area contributed by atoms with Gasteiger partial charge in [-0.25, -0.2) is 4.68 Å². The Balaban J connectivity index is 0.00000210. The van der Waals surface area contributed by atoms with Crippen LogP contribution in [-0.4, -0.2) is 52.7 Å². The standard InChI is InChI=1S/C19H23N5O2.ClH/c20-17(25)16-12-15(22-24(16)14-4-2-1-3-5-14)18(26)23-10-7-19(8-11-23)6-9-21-13-19;/h1-5,12,21H,6-11,13H2,(H2,20,25);1H. The SMILES string of the molecule is Cl.NC(=O)c1cc(C(=O)N2CCC3(CCNC3)CC2)nn1-c1ccccc1. The second-order valence-electron chi connectivity index (χ2n) is 7.25. The summed E-state index contributed by atoms with van der Waals surface area (Å²) in [6, 6.07) is 10.7. The molecule has 2 aliphatic rings. The molecule has 3 N–H and O–H groups in total. The lowest BCUT2D eigenvalue weighted by atomic mass is 9.78. The lowest BCUT2D eigenvalue weighted by molar-refractivity contribution is 0.0601. The van der Waals surface area contributed by atoms with Crippen molar-refractivity contribution >= 4 is 24.2 Å². The third kappa shape index (κ3) is 3.70. The van der Waals surface area contributed by atoms with E-state index in [4.69, 9.17) is 5.73 Å². The van der Waals surface area contributed by atoms with Gasteiger partial charge in [-0.15, -0.1) is 12.4 Å². The molecule has 4 rings (SSSR count). The summed E-state index contributed by atoms with van der Waals surface area (Å²) in [7, 11) is 0. The lowest BCUT2D eigenvalue weighted by Gasteiger charge is -2.38. The molecule has 0 saturated carbocycles. The number of halogens is 1. The van der Waals surface area contributed by atoms with E-state index in [1.807, 2.05) is 35.2 Å². The van der Waals surface area contributed by atoms with Crippen LogP contribution in [0.3, 0.4) is 0 Å². The zero-order chi connectivity index (χ0) is 18.1. The van der Waals surface area contributed by atoms with Crippen LogP contribution in [0.5, 0.6) is 0 Å². The van der Waals surface area contributed by atoms with Gasteiger partial charge in [-0.05, 0) is 43.4 Å². The molecule has 1 aromatic heterocycles. The molecule has 144 valence electrons. The highest BCUT2D eigenvalue weighted by Crippen LogP contribution is 2.37. The molecule has 27 heavy (non-hydrogen) atoms. The van der Waals surface area contributed by atoms with E-state index in [2.05, 4.69) is 10.4 Å². The third-order valence-corrected chi connectivity index (χ3v) is 5.63. The number of primary amides is 1. The molecule has 2 aliphatic heterocycles. The smallest absolute Gasteiger partial charge is 0.274 e. The summed E-state index contributed by atoms with van der Waals surface area (Å²) in [5.74, 6) is -0.738. The molecule has 0 atom stereocenters. The minimum absolute atomic E-state index is 0. The Kier molecular flexibility index (Phi) is 5.53. The molecule has 2 aromatic rings. The summed E-state index contributed by atoms with van der Waals surface area (Å²) in [5, 5.41) is 7.81. The van der Waals surface area contributed by atoms with Gasteiger partial charge in [0.2, 0.25) is 0 Å². The zero-order valence-corrected chi connectivity index (χ0v) is 15.9. The number of benzene rings is 1. The van der Waals surface area contributed by atoms with Crippen LogP contribution < -0.4 is 11.1 Å². The van der Waals surface area contributed by atoms with Crippen molar-refractivity contribution in [1.29, 1.82) is 0 Å². The first-order valence-corrected chi connectivity index (χ1v) is 9.03. The molecule has 7 nitrogen and oxygen atoms in total. The number of rotatable bonds is 3. The number of nitrogens with zero attached hydrogens (tertiary/aromatic N) is 3. The van der Waals surface area contributed by atoms with E-state index in [0.717, 1.165) is 39.0 Å². The molecule has 2 fully saturated rings. The summed E-state index contributed by atoms with van der Waals surface area (Å²) < 4.78 is 1.45. The zero-order valence-electron chi connectivity index (χ0n) is 15.1. The second kappa shape index (κ2) is 7.70. The predicted octanol–water partition coefficient (Wildman–Crippen LogP) is 1.61. The fourth-order valence-corrected chi connectivity index (χ4v) is 4.00. The monoisotopic (exact) mass is 389 g/mol. The molecule has 0 unspecified atom stereocenters. The van der Waals surface area contributed by atoms with E-state index >= 15 is 0 Å². The highest BCUT2D eigenvalue weighted by atomic mass is 35.5. The fourth-order valence-electron chi connectivity index (χ4n) is 4.00. The molecule has 0 bridgehead atoms. The van der Waals surface area contributed by atoms with Crippen molar-refractivity contribution in [2.24, 2.45) is 11.1 Å². The van der Waals surface area contributed by atoms with Gasteiger partial charge in [0.1, 0.15) is 5.69 Å². The van der Waals surface area contributed by atoms with Gasteiger partial charge in [0.15, 0.2) is 5.69 Å². The Hall–Kier alpha value is -2.38. The van der Waals surface area contributed by atoms with Gasteiger partial charge >= 0.3 is 0 Å². The fraction of sp³-hybridized carbons (Fsp3) is 0.421. The first kappa shape index (κ1) is 19.4. The number of carbonyl (C=O) groups is 2. The van der Waals surface area contributed by atoms with E-state index in [1.54, 1.807) is 0 Å². The normalized spacial score (nSPS) is 18.3. The van der Waals surface area contributed by atoms with Crippen LogP contribution in [0.1, 0.15) is 40.2 Å². The number of aromatic nitrogens is 2. The van der Waals surface area contributed by atoms with Crippen molar-refractivity contribution in [2.45, 2.75) is 19.3 Å². The maximum Gasteiger partial charge on any atom is 0.274 e. The average molecular weight is 390 g/mol. The topological polar surface area (TPSA) is 93.2 Å². The van der Waals surface area contributed by atoms with Crippen molar-refractivity contribution in [3.8, 4) is 5.69 Å². The van der Waals surface area contributed by atoms with Crippen molar-refractivity contribution in [1.82, 2.24) is 20.0 Å². The van der Waals surface area contributed by atoms with E-state index in [1.165, 1.54) is 17.2 Å². The van der Waals surface area contributed by atoms with Crippen molar-refractivity contribution in [2.75, 3.05) is 26.2 Å². The maximum absolute atomic E-state index is 12.9.